The van der Waals surface area contributed by atoms with Gasteiger partial charge >= 0.3 is 0 Å². The van der Waals surface area contributed by atoms with Crippen molar-refractivity contribution in [2.75, 3.05) is 0 Å². The summed E-state index contributed by atoms with van der Waals surface area (Å²) in [5, 5.41) is 0. The number of aryl methyl sites for hydroxylation is 1. The van der Waals surface area contributed by atoms with Gasteiger partial charge in [0.25, 0.3) is 0 Å². The minimum atomic E-state index is 0.327. The Balaban J connectivity index is 0. The Morgan fingerprint density at radius 1 is 0.957 bits per heavy atom. The molecule has 2 aliphatic carbocycles. The number of hydrogen-bond acceptors (Lipinski definition) is 0. The Morgan fingerprint density at radius 3 is 1.96 bits per heavy atom. The van der Waals surface area contributed by atoms with Gasteiger partial charge in [-0.2, -0.15) is 0 Å². The van der Waals surface area contributed by atoms with Gasteiger partial charge in [0.05, 0.1) is 0 Å². The molecule has 46 heavy (non-hydrogen) atoms. The standard InChI is InChI=1S/C30H46.C9H20.C3H4.2C2H6/c1-8-12-24-14-15-26(27-19-22(2)13-16-28(27)29(4,5)6)25(21-24)20-23(3)30(7)17-10-9-11-18-30;1-4-7-9(6-3)8-5-2;1-3-2;2*1-2/h13-15,21,27-28H,3,8-12,16-20H2,1-2,4-7H3;9H,4-8H2,1-3H3;1H,2H3;2*1-2H3. The second kappa shape index (κ2) is 26.2. The van der Waals surface area contributed by atoms with Gasteiger partial charge in [0.15, 0.2) is 0 Å². The minimum Gasteiger partial charge on any atom is -0.120 e. The third-order valence-corrected chi connectivity index (χ3v) is 10.2. The molecule has 0 saturated heterocycles. The highest BCUT2D eigenvalue weighted by Crippen LogP contribution is 2.49. The van der Waals surface area contributed by atoms with E-state index in [1.54, 1.807) is 23.6 Å². The molecular weight excluding hydrogens is 553 g/mol. The SMILES string of the molecule is C#CC.C=C(Cc1cc(CCC)ccc1C1CC(C)=CCC1C(C)(C)C)C1(C)CCCCC1.CC.CC.CCCC(CC)CCC. The summed E-state index contributed by atoms with van der Waals surface area (Å²) in [6.07, 6.45) is 26.8. The highest BCUT2D eigenvalue weighted by atomic mass is 14.4. The van der Waals surface area contributed by atoms with E-state index in [0.29, 0.717) is 22.7 Å². The number of allylic oxidation sites excluding steroid dienone is 3. The van der Waals surface area contributed by atoms with Crippen LogP contribution in [0.2, 0.25) is 0 Å². The lowest BCUT2D eigenvalue weighted by molar-refractivity contribution is 0.192. The summed E-state index contributed by atoms with van der Waals surface area (Å²) in [5.74, 6) is 4.60. The molecule has 266 valence electrons. The van der Waals surface area contributed by atoms with Crippen LogP contribution in [-0.2, 0) is 12.8 Å². The fourth-order valence-electron chi connectivity index (χ4n) is 7.46. The predicted molar refractivity (Wildman–Crippen MR) is 214 cm³/mol. The summed E-state index contributed by atoms with van der Waals surface area (Å²) in [6.45, 7) is 35.6. The Bertz CT molecular complexity index is 962. The van der Waals surface area contributed by atoms with Gasteiger partial charge in [-0.05, 0) is 97.6 Å². The fraction of sp³-hybridized carbons (Fsp3) is 0.739. The summed E-state index contributed by atoms with van der Waals surface area (Å²) in [6, 6.07) is 7.46. The van der Waals surface area contributed by atoms with Gasteiger partial charge in [-0.15, -0.1) is 12.3 Å². The van der Waals surface area contributed by atoms with Crippen molar-refractivity contribution in [2.24, 2.45) is 22.7 Å². The molecule has 2 atom stereocenters. The highest BCUT2D eigenvalue weighted by molar-refractivity contribution is 5.40. The first-order valence-corrected chi connectivity index (χ1v) is 19.7. The zero-order chi connectivity index (χ0) is 35.8. The van der Waals surface area contributed by atoms with Crippen molar-refractivity contribution in [2.45, 2.75) is 199 Å². The van der Waals surface area contributed by atoms with E-state index in [1.807, 2.05) is 27.7 Å². The molecule has 1 saturated carbocycles. The van der Waals surface area contributed by atoms with Crippen LogP contribution < -0.4 is 0 Å². The number of terminal acetylenes is 1. The molecule has 0 aliphatic heterocycles. The maximum Gasteiger partial charge on any atom is -0.00297 e. The van der Waals surface area contributed by atoms with Crippen molar-refractivity contribution >= 4 is 0 Å². The molecule has 1 fully saturated rings. The van der Waals surface area contributed by atoms with Crippen molar-refractivity contribution < 1.29 is 0 Å². The molecule has 0 amide bonds. The first-order chi connectivity index (χ1) is 21.9. The molecule has 2 aliphatic rings. The molecule has 0 heterocycles. The molecule has 2 unspecified atom stereocenters. The Hall–Kier alpha value is -1.74. The molecule has 0 bridgehead atoms. The van der Waals surface area contributed by atoms with Gasteiger partial charge in [0.2, 0.25) is 0 Å². The lowest BCUT2D eigenvalue weighted by atomic mass is 9.63. The Labute approximate surface area is 292 Å². The van der Waals surface area contributed by atoms with Crippen molar-refractivity contribution in [3.8, 4) is 12.3 Å². The largest absolute Gasteiger partial charge is 0.120 e. The van der Waals surface area contributed by atoms with Crippen LogP contribution in [-0.4, -0.2) is 0 Å². The van der Waals surface area contributed by atoms with Crippen LogP contribution >= 0.6 is 0 Å². The molecule has 0 heteroatoms. The molecular formula is C46H82. The van der Waals surface area contributed by atoms with E-state index in [0.717, 1.165) is 12.3 Å². The summed E-state index contributed by atoms with van der Waals surface area (Å²) in [7, 11) is 0. The van der Waals surface area contributed by atoms with Crippen LogP contribution in [0.4, 0.5) is 0 Å². The van der Waals surface area contributed by atoms with Gasteiger partial charge in [-0.1, -0.05) is 183 Å². The normalized spacial score (nSPS) is 18.4. The summed E-state index contributed by atoms with van der Waals surface area (Å²) in [5.41, 5.74) is 8.41. The van der Waals surface area contributed by atoms with Crippen LogP contribution in [0.3, 0.4) is 0 Å². The molecule has 0 spiro atoms. The first-order valence-electron chi connectivity index (χ1n) is 19.7. The van der Waals surface area contributed by atoms with Gasteiger partial charge in [0.1, 0.15) is 0 Å². The average molecular weight is 635 g/mol. The molecule has 3 rings (SSSR count). The van der Waals surface area contributed by atoms with Gasteiger partial charge in [-0.3, -0.25) is 0 Å². The van der Waals surface area contributed by atoms with Crippen molar-refractivity contribution in [1.29, 1.82) is 0 Å². The van der Waals surface area contributed by atoms with Crippen molar-refractivity contribution in [1.82, 2.24) is 0 Å². The monoisotopic (exact) mass is 635 g/mol. The topological polar surface area (TPSA) is 0 Å². The Kier molecular flexibility index (Phi) is 26.5. The lowest BCUT2D eigenvalue weighted by Gasteiger charge is -2.41. The minimum absolute atomic E-state index is 0.327. The predicted octanol–water partition coefficient (Wildman–Crippen LogP) is 15.5. The quantitative estimate of drug-likeness (QED) is 0.168. The molecule has 0 N–H and O–H groups in total. The van der Waals surface area contributed by atoms with E-state index < -0.39 is 0 Å². The third-order valence-electron chi connectivity index (χ3n) is 10.2. The maximum absolute atomic E-state index is 4.68. The van der Waals surface area contributed by atoms with E-state index in [2.05, 4.69) is 106 Å². The molecule has 0 aromatic heterocycles. The number of benzene rings is 1. The van der Waals surface area contributed by atoms with Crippen molar-refractivity contribution in [3.05, 3.63) is 58.7 Å². The Morgan fingerprint density at radius 2 is 1.50 bits per heavy atom. The second-order valence-electron chi connectivity index (χ2n) is 14.9. The number of rotatable bonds is 11. The van der Waals surface area contributed by atoms with Gasteiger partial charge in [0, 0.05) is 0 Å². The number of hydrogen-bond donors (Lipinski definition) is 0. The van der Waals surface area contributed by atoms with E-state index in [-0.39, 0.29) is 0 Å². The van der Waals surface area contributed by atoms with E-state index >= 15 is 0 Å². The van der Waals surface area contributed by atoms with Crippen LogP contribution in [0, 0.1) is 35.0 Å². The van der Waals surface area contributed by atoms with Crippen LogP contribution in [0.5, 0.6) is 0 Å². The van der Waals surface area contributed by atoms with Gasteiger partial charge < -0.3 is 0 Å². The maximum atomic E-state index is 4.68. The zero-order valence-electron chi connectivity index (χ0n) is 33.9. The summed E-state index contributed by atoms with van der Waals surface area (Å²) in [4.78, 5) is 0. The highest BCUT2D eigenvalue weighted by Gasteiger charge is 2.36. The molecule has 0 radical (unpaired) electrons. The average Bonchev–Trinajstić information content (AvgIpc) is 3.03. The van der Waals surface area contributed by atoms with Crippen LogP contribution in [0.1, 0.15) is 203 Å². The van der Waals surface area contributed by atoms with Crippen molar-refractivity contribution in [3.63, 3.8) is 0 Å². The second-order valence-corrected chi connectivity index (χ2v) is 14.9. The summed E-state index contributed by atoms with van der Waals surface area (Å²) < 4.78 is 0. The fourth-order valence-corrected chi connectivity index (χ4v) is 7.46. The van der Waals surface area contributed by atoms with Crippen LogP contribution in [0.25, 0.3) is 0 Å². The van der Waals surface area contributed by atoms with Crippen LogP contribution in [0.15, 0.2) is 42.0 Å². The smallest absolute Gasteiger partial charge is 0.00297 e. The molecule has 1 aromatic rings. The van der Waals surface area contributed by atoms with E-state index in [1.165, 1.54) is 101 Å². The first kappa shape index (κ1) is 46.4. The van der Waals surface area contributed by atoms with E-state index in [9.17, 15) is 0 Å². The zero-order valence-corrected chi connectivity index (χ0v) is 33.9. The van der Waals surface area contributed by atoms with Gasteiger partial charge in [-0.25, -0.2) is 0 Å². The molecule has 0 nitrogen and oxygen atoms in total. The summed E-state index contributed by atoms with van der Waals surface area (Å²) >= 11 is 0. The molecule has 1 aromatic carbocycles. The third kappa shape index (κ3) is 16.9. The lowest BCUT2D eigenvalue weighted by Crippen LogP contribution is -2.30. The van der Waals surface area contributed by atoms with E-state index in [4.69, 9.17) is 0 Å².